The highest BCUT2D eigenvalue weighted by Gasteiger charge is 2.05. The van der Waals surface area contributed by atoms with E-state index in [0.717, 1.165) is 25.9 Å². The van der Waals surface area contributed by atoms with Gasteiger partial charge in [-0.05, 0) is 25.5 Å². The number of nitrogens with one attached hydrogen (secondary N) is 1. The summed E-state index contributed by atoms with van der Waals surface area (Å²) in [5.41, 5.74) is 1.31. The molecule has 3 heteroatoms. The van der Waals surface area contributed by atoms with E-state index in [1.54, 1.807) is 0 Å². The summed E-state index contributed by atoms with van der Waals surface area (Å²) < 4.78 is 0. The fourth-order valence-corrected chi connectivity index (χ4v) is 1.61. The van der Waals surface area contributed by atoms with E-state index in [-0.39, 0.29) is 5.91 Å². The van der Waals surface area contributed by atoms with Crippen molar-refractivity contribution in [3.8, 4) is 0 Å². The second-order valence-electron chi connectivity index (χ2n) is 4.32. The summed E-state index contributed by atoms with van der Waals surface area (Å²) in [7, 11) is 1.98. The first-order chi connectivity index (χ1) is 8.22. The van der Waals surface area contributed by atoms with Crippen LogP contribution in [-0.4, -0.2) is 37.5 Å². The lowest BCUT2D eigenvalue weighted by Gasteiger charge is -2.16. The van der Waals surface area contributed by atoms with Crippen LogP contribution in [0.4, 0.5) is 0 Å². The molecule has 0 radical (unpaired) electrons. The van der Waals surface area contributed by atoms with Gasteiger partial charge in [-0.15, -0.1) is 0 Å². The number of rotatable bonds is 7. The largest absolute Gasteiger partial charge is 0.355 e. The molecule has 0 spiro atoms. The fraction of sp³-hybridized carbons (Fsp3) is 0.500. The third-order valence-electron chi connectivity index (χ3n) is 2.61. The number of hydrogen-bond donors (Lipinski definition) is 1. The van der Waals surface area contributed by atoms with Gasteiger partial charge < -0.3 is 5.32 Å². The van der Waals surface area contributed by atoms with Gasteiger partial charge >= 0.3 is 0 Å². The quantitative estimate of drug-likeness (QED) is 0.778. The van der Waals surface area contributed by atoms with E-state index < -0.39 is 0 Å². The molecule has 0 saturated carbocycles. The van der Waals surface area contributed by atoms with Crippen LogP contribution in [-0.2, 0) is 11.2 Å². The van der Waals surface area contributed by atoms with Crippen molar-refractivity contribution in [3.05, 3.63) is 35.9 Å². The molecule has 1 aromatic carbocycles. The molecule has 0 heterocycles. The molecule has 1 N–H and O–H groups in total. The van der Waals surface area contributed by atoms with E-state index in [0.29, 0.717) is 6.54 Å². The van der Waals surface area contributed by atoms with E-state index in [1.807, 2.05) is 25.2 Å². The molecular weight excluding hydrogens is 212 g/mol. The Morgan fingerprint density at radius 1 is 1.29 bits per heavy atom. The Morgan fingerprint density at radius 2 is 2.00 bits per heavy atom. The minimum Gasteiger partial charge on any atom is -0.355 e. The molecule has 1 amide bonds. The Bertz CT molecular complexity index is 324. The summed E-state index contributed by atoms with van der Waals surface area (Å²) in [5, 5.41) is 2.88. The van der Waals surface area contributed by atoms with Crippen LogP contribution < -0.4 is 5.32 Å². The zero-order chi connectivity index (χ0) is 12.5. The fourth-order valence-electron chi connectivity index (χ4n) is 1.61. The first-order valence-corrected chi connectivity index (χ1v) is 6.21. The van der Waals surface area contributed by atoms with Crippen LogP contribution in [0.3, 0.4) is 0 Å². The van der Waals surface area contributed by atoms with E-state index in [4.69, 9.17) is 0 Å². The van der Waals surface area contributed by atoms with Crippen molar-refractivity contribution < 1.29 is 4.79 Å². The molecular formula is C14H22N2O. The smallest absolute Gasteiger partial charge is 0.234 e. The van der Waals surface area contributed by atoms with Crippen molar-refractivity contribution >= 4 is 5.91 Å². The topological polar surface area (TPSA) is 32.3 Å². The number of carbonyl (C=O) groups excluding carboxylic acids is 1. The average molecular weight is 234 g/mol. The molecule has 1 rings (SSSR count). The highest BCUT2D eigenvalue weighted by molar-refractivity contribution is 5.77. The lowest BCUT2D eigenvalue weighted by molar-refractivity contribution is -0.121. The number of amides is 1. The van der Waals surface area contributed by atoms with Gasteiger partial charge in [0.15, 0.2) is 0 Å². The Hall–Kier alpha value is -1.35. The molecule has 0 bridgehead atoms. The highest BCUT2D eigenvalue weighted by Crippen LogP contribution is 2.00. The van der Waals surface area contributed by atoms with Gasteiger partial charge in [0.25, 0.3) is 0 Å². The highest BCUT2D eigenvalue weighted by atomic mass is 16.1. The van der Waals surface area contributed by atoms with Crippen LogP contribution in [0.1, 0.15) is 18.9 Å². The minimum absolute atomic E-state index is 0.113. The summed E-state index contributed by atoms with van der Waals surface area (Å²) in [6, 6.07) is 10.3. The first kappa shape index (κ1) is 13.7. The molecule has 94 valence electrons. The summed E-state index contributed by atoms with van der Waals surface area (Å²) in [6.07, 6.45) is 1.97. The summed E-state index contributed by atoms with van der Waals surface area (Å²) in [4.78, 5) is 13.5. The van der Waals surface area contributed by atoms with E-state index in [2.05, 4.69) is 29.3 Å². The Kier molecular flexibility index (Phi) is 6.33. The SMILES string of the molecule is CCCNC(=O)CN(C)CCc1ccccc1. The Labute approximate surface area is 104 Å². The number of carbonyl (C=O) groups is 1. The molecule has 0 aliphatic rings. The van der Waals surface area contributed by atoms with Crippen molar-refractivity contribution in [2.24, 2.45) is 0 Å². The third kappa shape index (κ3) is 6.07. The maximum atomic E-state index is 11.5. The van der Waals surface area contributed by atoms with E-state index in [9.17, 15) is 4.79 Å². The lowest BCUT2D eigenvalue weighted by Crippen LogP contribution is -2.36. The molecule has 0 aliphatic carbocycles. The van der Waals surface area contributed by atoms with Gasteiger partial charge in [-0.1, -0.05) is 37.3 Å². The predicted molar refractivity (Wildman–Crippen MR) is 70.9 cm³/mol. The Balaban J connectivity index is 2.21. The predicted octanol–water partition coefficient (Wildman–Crippen LogP) is 1.69. The standard InChI is InChI=1S/C14H22N2O/c1-3-10-15-14(17)12-16(2)11-9-13-7-5-4-6-8-13/h4-8H,3,9-12H2,1-2H3,(H,15,17). The number of likely N-dealkylation sites (N-methyl/N-ethyl adjacent to an activating group) is 1. The van der Waals surface area contributed by atoms with Crippen molar-refractivity contribution in [2.45, 2.75) is 19.8 Å². The molecule has 0 aromatic heterocycles. The van der Waals surface area contributed by atoms with Crippen molar-refractivity contribution in [1.82, 2.24) is 10.2 Å². The zero-order valence-corrected chi connectivity index (χ0v) is 10.8. The van der Waals surface area contributed by atoms with E-state index >= 15 is 0 Å². The van der Waals surface area contributed by atoms with Gasteiger partial charge in [-0.25, -0.2) is 0 Å². The summed E-state index contributed by atoms with van der Waals surface area (Å²) in [5.74, 6) is 0.113. The molecule has 0 unspecified atom stereocenters. The van der Waals surface area contributed by atoms with Crippen molar-refractivity contribution in [1.29, 1.82) is 0 Å². The molecule has 0 aliphatic heterocycles. The molecule has 3 nitrogen and oxygen atoms in total. The van der Waals surface area contributed by atoms with E-state index in [1.165, 1.54) is 5.56 Å². The van der Waals surface area contributed by atoms with Crippen molar-refractivity contribution in [2.75, 3.05) is 26.7 Å². The number of nitrogens with zero attached hydrogens (tertiary/aromatic N) is 1. The van der Waals surface area contributed by atoms with Gasteiger partial charge in [0.1, 0.15) is 0 Å². The van der Waals surface area contributed by atoms with Gasteiger partial charge in [-0.3, -0.25) is 9.69 Å². The maximum absolute atomic E-state index is 11.5. The monoisotopic (exact) mass is 234 g/mol. The second-order valence-corrected chi connectivity index (χ2v) is 4.32. The number of benzene rings is 1. The van der Waals surface area contributed by atoms with Crippen LogP contribution in [0.2, 0.25) is 0 Å². The second kappa shape index (κ2) is 7.85. The van der Waals surface area contributed by atoms with Crippen LogP contribution >= 0.6 is 0 Å². The maximum Gasteiger partial charge on any atom is 0.234 e. The third-order valence-corrected chi connectivity index (χ3v) is 2.61. The molecule has 0 saturated heterocycles. The van der Waals surface area contributed by atoms with Gasteiger partial charge in [0, 0.05) is 13.1 Å². The molecule has 17 heavy (non-hydrogen) atoms. The number of hydrogen-bond acceptors (Lipinski definition) is 2. The molecule has 0 atom stereocenters. The average Bonchev–Trinajstić information content (AvgIpc) is 2.35. The zero-order valence-electron chi connectivity index (χ0n) is 10.8. The normalized spacial score (nSPS) is 10.5. The van der Waals surface area contributed by atoms with Gasteiger partial charge in [0.05, 0.1) is 6.54 Å². The summed E-state index contributed by atoms with van der Waals surface area (Å²) in [6.45, 7) is 4.21. The molecule has 0 fully saturated rings. The van der Waals surface area contributed by atoms with Gasteiger partial charge in [-0.2, -0.15) is 0 Å². The van der Waals surface area contributed by atoms with Crippen molar-refractivity contribution in [3.63, 3.8) is 0 Å². The van der Waals surface area contributed by atoms with Crippen LogP contribution in [0, 0.1) is 0 Å². The van der Waals surface area contributed by atoms with Gasteiger partial charge in [0.2, 0.25) is 5.91 Å². The summed E-state index contributed by atoms with van der Waals surface area (Å²) >= 11 is 0. The minimum atomic E-state index is 0.113. The Morgan fingerprint density at radius 3 is 2.65 bits per heavy atom. The first-order valence-electron chi connectivity index (χ1n) is 6.21. The van der Waals surface area contributed by atoms with Crippen LogP contribution in [0.15, 0.2) is 30.3 Å². The van der Waals surface area contributed by atoms with Crippen LogP contribution in [0.5, 0.6) is 0 Å². The molecule has 1 aromatic rings. The lowest BCUT2D eigenvalue weighted by atomic mass is 10.1. The van der Waals surface area contributed by atoms with Crippen LogP contribution in [0.25, 0.3) is 0 Å².